The number of aromatic nitrogens is 1. The molecular formula is C27H33NO. The van der Waals surface area contributed by atoms with Crippen molar-refractivity contribution in [3.8, 4) is 28.1 Å². The van der Waals surface area contributed by atoms with Gasteiger partial charge in [-0.25, -0.2) is 0 Å². The molecular weight excluding hydrogens is 354 g/mol. The third-order valence-corrected chi connectivity index (χ3v) is 5.25. The second-order valence-electron chi connectivity index (χ2n) is 7.67. The molecule has 152 valence electrons. The van der Waals surface area contributed by atoms with Crippen molar-refractivity contribution in [1.82, 2.24) is 4.98 Å². The van der Waals surface area contributed by atoms with Crippen LogP contribution in [0.1, 0.15) is 57.9 Å². The molecule has 3 rings (SSSR count). The first-order valence-electron chi connectivity index (χ1n) is 11.1. The second-order valence-corrected chi connectivity index (χ2v) is 7.67. The van der Waals surface area contributed by atoms with Crippen molar-refractivity contribution >= 4 is 0 Å². The Balaban J connectivity index is 1.55. The first-order chi connectivity index (χ1) is 14.3. The molecule has 2 aromatic carbocycles. The summed E-state index contributed by atoms with van der Waals surface area (Å²) in [6.45, 7) is 5.24. The highest BCUT2D eigenvalue weighted by Crippen LogP contribution is 2.26. The van der Waals surface area contributed by atoms with Crippen LogP contribution in [0.15, 0.2) is 66.9 Å². The van der Waals surface area contributed by atoms with Gasteiger partial charge in [0, 0.05) is 11.8 Å². The number of hydrogen-bond acceptors (Lipinski definition) is 2. The highest BCUT2D eigenvalue weighted by atomic mass is 16.5. The quantitative estimate of drug-likeness (QED) is 0.314. The minimum absolute atomic E-state index is 0.807. The van der Waals surface area contributed by atoms with E-state index in [0.29, 0.717) is 0 Å². The van der Waals surface area contributed by atoms with Gasteiger partial charge in [0.2, 0.25) is 0 Å². The number of ether oxygens (including phenoxy) is 1. The lowest BCUT2D eigenvalue weighted by Gasteiger charge is -2.08. The highest BCUT2D eigenvalue weighted by molar-refractivity contribution is 5.69. The molecule has 0 spiro atoms. The Morgan fingerprint density at radius 1 is 0.655 bits per heavy atom. The Hall–Kier alpha value is -2.61. The minimum Gasteiger partial charge on any atom is -0.494 e. The SMILES string of the molecule is CCCCCCCOc1ccc(-c2ccc(-c3ccc(CCC)cn3)cc2)cc1. The van der Waals surface area contributed by atoms with Crippen LogP contribution < -0.4 is 4.74 Å². The van der Waals surface area contributed by atoms with Crippen molar-refractivity contribution in [2.45, 2.75) is 58.8 Å². The summed E-state index contributed by atoms with van der Waals surface area (Å²) in [5.74, 6) is 0.956. The van der Waals surface area contributed by atoms with Gasteiger partial charge < -0.3 is 4.74 Å². The summed E-state index contributed by atoms with van der Waals surface area (Å²) in [6, 6.07) is 21.4. The van der Waals surface area contributed by atoms with E-state index in [1.165, 1.54) is 42.4 Å². The molecule has 2 heteroatoms. The number of aryl methyl sites for hydroxylation is 1. The second kappa shape index (κ2) is 11.4. The number of rotatable bonds is 11. The molecule has 2 nitrogen and oxygen atoms in total. The van der Waals surface area contributed by atoms with Gasteiger partial charge in [0.1, 0.15) is 5.75 Å². The zero-order valence-electron chi connectivity index (χ0n) is 17.9. The third kappa shape index (κ3) is 6.45. The number of benzene rings is 2. The maximum absolute atomic E-state index is 5.87. The van der Waals surface area contributed by atoms with Gasteiger partial charge in [0.15, 0.2) is 0 Å². The largest absolute Gasteiger partial charge is 0.494 e. The predicted molar refractivity (Wildman–Crippen MR) is 123 cm³/mol. The standard InChI is InChI=1S/C27H33NO/c1-3-5-6-7-8-20-29-26-17-15-24(16-18-26)23-11-13-25(14-12-23)27-19-10-22(9-4-2)21-28-27/h10-19,21H,3-9,20H2,1-2H3. The fraction of sp³-hybridized carbons (Fsp3) is 0.370. The van der Waals surface area contributed by atoms with Crippen molar-refractivity contribution < 1.29 is 4.74 Å². The molecule has 0 fully saturated rings. The summed E-state index contributed by atoms with van der Waals surface area (Å²) >= 11 is 0. The van der Waals surface area contributed by atoms with Crippen molar-refractivity contribution in [3.05, 3.63) is 72.4 Å². The van der Waals surface area contributed by atoms with Crippen molar-refractivity contribution in [2.75, 3.05) is 6.61 Å². The van der Waals surface area contributed by atoms with Gasteiger partial charge in [-0.05, 0) is 47.7 Å². The maximum Gasteiger partial charge on any atom is 0.119 e. The molecule has 0 unspecified atom stereocenters. The van der Waals surface area contributed by atoms with E-state index in [-0.39, 0.29) is 0 Å². The molecule has 0 saturated carbocycles. The summed E-state index contributed by atoms with van der Waals surface area (Å²) in [5, 5.41) is 0. The number of nitrogens with zero attached hydrogens (tertiary/aromatic N) is 1. The minimum atomic E-state index is 0.807. The average Bonchev–Trinajstić information content (AvgIpc) is 2.78. The van der Waals surface area contributed by atoms with Gasteiger partial charge in [0.25, 0.3) is 0 Å². The Kier molecular flexibility index (Phi) is 8.30. The summed E-state index contributed by atoms with van der Waals surface area (Å²) in [5.41, 5.74) is 5.90. The van der Waals surface area contributed by atoms with Gasteiger partial charge in [-0.15, -0.1) is 0 Å². The van der Waals surface area contributed by atoms with E-state index < -0.39 is 0 Å². The van der Waals surface area contributed by atoms with Gasteiger partial charge in [-0.1, -0.05) is 88.4 Å². The molecule has 0 N–H and O–H groups in total. The van der Waals surface area contributed by atoms with Crippen LogP contribution in [0.3, 0.4) is 0 Å². The first kappa shape index (κ1) is 21.1. The third-order valence-electron chi connectivity index (χ3n) is 5.25. The molecule has 1 heterocycles. The molecule has 0 bridgehead atoms. The smallest absolute Gasteiger partial charge is 0.119 e. The zero-order valence-corrected chi connectivity index (χ0v) is 17.9. The monoisotopic (exact) mass is 387 g/mol. The highest BCUT2D eigenvalue weighted by Gasteiger charge is 2.03. The van der Waals surface area contributed by atoms with Gasteiger partial charge in [-0.2, -0.15) is 0 Å². The van der Waals surface area contributed by atoms with Crippen LogP contribution in [0.25, 0.3) is 22.4 Å². The number of pyridine rings is 1. The predicted octanol–water partition coefficient (Wildman–Crippen LogP) is 7.72. The van der Waals surface area contributed by atoms with Crippen LogP contribution in [0.5, 0.6) is 5.75 Å². The molecule has 0 radical (unpaired) electrons. The normalized spacial score (nSPS) is 10.8. The van der Waals surface area contributed by atoms with E-state index in [1.54, 1.807) is 0 Å². The molecule has 0 saturated heterocycles. The van der Waals surface area contributed by atoms with Crippen molar-refractivity contribution in [1.29, 1.82) is 0 Å². The Bertz CT molecular complexity index is 835. The number of hydrogen-bond donors (Lipinski definition) is 0. The summed E-state index contributed by atoms with van der Waals surface area (Å²) in [6.07, 6.45) is 10.6. The fourth-order valence-electron chi connectivity index (χ4n) is 3.50. The Labute approximate surface area is 176 Å². The maximum atomic E-state index is 5.87. The molecule has 1 aromatic heterocycles. The summed E-state index contributed by atoms with van der Waals surface area (Å²) in [4.78, 5) is 4.62. The molecule has 0 aliphatic rings. The van der Waals surface area contributed by atoms with Crippen LogP contribution in [0, 0.1) is 0 Å². The number of unbranched alkanes of at least 4 members (excludes halogenated alkanes) is 4. The van der Waals surface area contributed by atoms with E-state index >= 15 is 0 Å². The van der Waals surface area contributed by atoms with Gasteiger partial charge in [0.05, 0.1) is 12.3 Å². The molecule has 0 aliphatic carbocycles. The zero-order chi connectivity index (χ0) is 20.3. The van der Waals surface area contributed by atoms with Crippen LogP contribution in [0.4, 0.5) is 0 Å². The van der Waals surface area contributed by atoms with E-state index in [9.17, 15) is 0 Å². The lowest BCUT2D eigenvalue weighted by molar-refractivity contribution is 0.304. The Morgan fingerprint density at radius 2 is 1.31 bits per heavy atom. The lowest BCUT2D eigenvalue weighted by Crippen LogP contribution is -1.97. The van der Waals surface area contributed by atoms with Crippen molar-refractivity contribution in [3.63, 3.8) is 0 Å². The van der Waals surface area contributed by atoms with Crippen molar-refractivity contribution in [2.24, 2.45) is 0 Å². The van der Waals surface area contributed by atoms with E-state index in [1.807, 2.05) is 6.20 Å². The van der Waals surface area contributed by atoms with Gasteiger partial charge in [-0.3, -0.25) is 4.98 Å². The summed E-state index contributed by atoms with van der Waals surface area (Å²) < 4.78 is 5.87. The fourth-order valence-corrected chi connectivity index (χ4v) is 3.50. The molecule has 3 aromatic rings. The molecule has 0 aliphatic heterocycles. The lowest BCUT2D eigenvalue weighted by atomic mass is 10.0. The first-order valence-corrected chi connectivity index (χ1v) is 11.1. The van der Waals surface area contributed by atoms with Crippen LogP contribution >= 0.6 is 0 Å². The topological polar surface area (TPSA) is 22.1 Å². The molecule has 0 atom stereocenters. The van der Waals surface area contributed by atoms with Crippen LogP contribution in [0.2, 0.25) is 0 Å². The average molecular weight is 388 g/mol. The summed E-state index contributed by atoms with van der Waals surface area (Å²) in [7, 11) is 0. The van der Waals surface area contributed by atoms with Crippen LogP contribution in [-0.2, 0) is 6.42 Å². The van der Waals surface area contributed by atoms with Crippen LogP contribution in [-0.4, -0.2) is 11.6 Å². The van der Waals surface area contributed by atoms with E-state index in [4.69, 9.17) is 4.74 Å². The Morgan fingerprint density at radius 3 is 1.93 bits per heavy atom. The van der Waals surface area contributed by atoms with E-state index in [2.05, 4.69) is 79.5 Å². The molecule has 0 amide bonds. The molecule has 29 heavy (non-hydrogen) atoms. The van der Waals surface area contributed by atoms with Gasteiger partial charge >= 0.3 is 0 Å². The van der Waals surface area contributed by atoms with E-state index in [0.717, 1.165) is 42.9 Å².